The van der Waals surface area contributed by atoms with Crippen LogP contribution in [0, 0.1) is 0 Å². The maximum absolute atomic E-state index is 2.46. The van der Waals surface area contributed by atoms with Gasteiger partial charge in [-0.05, 0) is 89.0 Å². The molecule has 0 spiro atoms. The summed E-state index contributed by atoms with van der Waals surface area (Å²) in [5, 5.41) is 7.71. The number of thiophene rings is 1. The Bertz CT molecular complexity index is 3100. The largest absolute Gasteiger partial charge is 0.309 e. The third-order valence-electron chi connectivity index (χ3n) is 10.5. The highest BCUT2D eigenvalue weighted by atomic mass is 32.1. The third kappa shape index (κ3) is 4.29. The molecule has 0 bridgehead atoms. The van der Waals surface area contributed by atoms with E-state index in [1.165, 1.54) is 91.7 Å². The van der Waals surface area contributed by atoms with E-state index in [2.05, 4.69) is 191 Å². The molecule has 0 aliphatic carbocycles. The second-order valence-electron chi connectivity index (χ2n) is 13.3. The molecule has 0 aliphatic rings. The Hall–Kier alpha value is -6.42. The van der Waals surface area contributed by atoms with Crippen molar-refractivity contribution in [3.8, 4) is 33.6 Å². The lowest BCUT2D eigenvalue weighted by Crippen LogP contribution is -1.94. The smallest absolute Gasteiger partial charge is 0.0555 e. The lowest BCUT2D eigenvalue weighted by Gasteiger charge is -2.12. The first-order valence-electron chi connectivity index (χ1n) is 17.4. The summed E-state index contributed by atoms with van der Waals surface area (Å²) in [5.74, 6) is 0. The topological polar surface area (TPSA) is 9.86 Å². The number of rotatable bonds is 4. The van der Waals surface area contributed by atoms with E-state index in [1.807, 2.05) is 11.3 Å². The van der Waals surface area contributed by atoms with Crippen LogP contribution in [-0.4, -0.2) is 9.13 Å². The molecule has 0 radical (unpaired) electrons. The van der Waals surface area contributed by atoms with Gasteiger partial charge in [0.15, 0.2) is 0 Å². The van der Waals surface area contributed by atoms with E-state index in [-0.39, 0.29) is 0 Å². The summed E-state index contributed by atoms with van der Waals surface area (Å²) in [4.78, 5) is 0. The van der Waals surface area contributed by atoms with Crippen LogP contribution < -0.4 is 0 Å². The van der Waals surface area contributed by atoms with Crippen LogP contribution in [0.1, 0.15) is 0 Å². The van der Waals surface area contributed by atoms with Gasteiger partial charge in [-0.3, -0.25) is 0 Å². The molecular formula is C48H30N2S. The summed E-state index contributed by atoms with van der Waals surface area (Å²) in [6.45, 7) is 0. The molecule has 0 fully saturated rings. The fraction of sp³-hybridized carbons (Fsp3) is 0. The van der Waals surface area contributed by atoms with Crippen molar-refractivity contribution >= 4 is 75.1 Å². The minimum atomic E-state index is 1.16. The van der Waals surface area contributed by atoms with Crippen molar-refractivity contribution in [1.29, 1.82) is 0 Å². The van der Waals surface area contributed by atoms with Crippen LogP contribution in [0.4, 0.5) is 0 Å². The Labute approximate surface area is 298 Å². The van der Waals surface area contributed by atoms with Crippen LogP contribution in [0.2, 0.25) is 0 Å². The van der Waals surface area contributed by atoms with Gasteiger partial charge in [-0.2, -0.15) is 0 Å². The van der Waals surface area contributed by atoms with Crippen molar-refractivity contribution in [2.45, 2.75) is 0 Å². The SMILES string of the molecule is c1cc(-c2cccc(-n3c4ccccc4c4ccccc43)c2)cc(-c2ccc3c(c2)c2ccccc2n3-c2cccc3sc4ccccc4c23)c1. The molecule has 8 aromatic carbocycles. The molecule has 3 heteroatoms. The Balaban J connectivity index is 1.05. The predicted molar refractivity (Wildman–Crippen MR) is 219 cm³/mol. The molecule has 3 aromatic heterocycles. The first-order chi connectivity index (χ1) is 25.3. The molecular weight excluding hydrogens is 637 g/mol. The van der Waals surface area contributed by atoms with E-state index in [1.54, 1.807) is 0 Å². The van der Waals surface area contributed by atoms with Crippen molar-refractivity contribution in [2.24, 2.45) is 0 Å². The van der Waals surface area contributed by atoms with Gasteiger partial charge < -0.3 is 9.13 Å². The second-order valence-corrected chi connectivity index (χ2v) is 14.4. The van der Waals surface area contributed by atoms with Crippen LogP contribution in [0.5, 0.6) is 0 Å². The molecule has 0 amide bonds. The van der Waals surface area contributed by atoms with Crippen LogP contribution >= 0.6 is 11.3 Å². The summed E-state index contributed by atoms with van der Waals surface area (Å²) in [7, 11) is 0. The molecule has 11 aromatic rings. The van der Waals surface area contributed by atoms with Gasteiger partial charge in [-0.25, -0.2) is 0 Å². The average Bonchev–Trinajstić information content (AvgIpc) is 3.86. The Morgan fingerprint density at radius 1 is 0.314 bits per heavy atom. The zero-order valence-electron chi connectivity index (χ0n) is 27.6. The summed E-state index contributed by atoms with van der Waals surface area (Å²) in [6.07, 6.45) is 0. The van der Waals surface area contributed by atoms with E-state index in [0.29, 0.717) is 0 Å². The van der Waals surface area contributed by atoms with E-state index < -0.39 is 0 Å². The molecule has 0 aliphatic heterocycles. The van der Waals surface area contributed by atoms with Crippen molar-refractivity contribution in [3.63, 3.8) is 0 Å². The molecule has 0 N–H and O–H groups in total. The normalized spacial score (nSPS) is 11.9. The van der Waals surface area contributed by atoms with Gasteiger partial charge in [0.1, 0.15) is 0 Å². The highest BCUT2D eigenvalue weighted by Crippen LogP contribution is 2.42. The fourth-order valence-electron chi connectivity index (χ4n) is 8.26. The first-order valence-corrected chi connectivity index (χ1v) is 18.3. The number of hydrogen-bond donors (Lipinski definition) is 0. The third-order valence-corrected chi connectivity index (χ3v) is 11.6. The maximum atomic E-state index is 2.46. The summed E-state index contributed by atoms with van der Waals surface area (Å²) < 4.78 is 7.49. The molecule has 0 atom stereocenters. The minimum Gasteiger partial charge on any atom is -0.309 e. The van der Waals surface area contributed by atoms with Crippen molar-refractivity contribution in [1.82, 2.24) is 9.13 Å². The van der Waals surface area contributed by atoms with Gasteiger partial charge in [0.05, 0.1) is 27.8 Å². The highest BCUT2D eigenvalue weighted by Gasteiger charge is 2.18. The van der Waals surface area contributed by atoms with Crippen LogP contribution in [-0.2, 0) is 0 Å². The summed E-state index contributed by atoms with van der Waals surface area (Å²) >= 11 is 1.87. The van der Waals surface area contributed by atoms with Gasteiger partial charge in [0.25, 0.3) is 0 Å². The van der Waals surface area contributed by atoms with Gasteiger partial charge >= 0.3 is 0 Å². The fourth-order valence-corrected chi connectivity index (χ4v) is 9.38. The molecule has 0 saturated heterocycles. The Morgan fingerprint density at radius 2 is 0.824 bits per heavy atom. The van der Waals surface area contributed by atoms with Gasteiger partial charge in [0, 0.05) is 47.4 Å². The van der Waals surface area contributed by atoms with Crippen molar-refractivity contribution in [2.75, 3.05) is 0 Å². The van der Waals surface area contributed by atoms with Gasteiger partial charge in [0.2, 0.25) is 0 Å². The van der Waals surface area contributed by atoms with E-state index in [9.17, 15) is 0 Å². The number of aromatic nitrogens is 2. The van der Waals surface area contributed by atoms with Gasteiger partial charge in [-0.1, -0.05) is 115 Å². The lowest BCUT2D eigenvalue weighted by molar-refractivity contribution is 1.18. The van der Waals surface area contributed by atoms with Crippen molar-refractivity contribution < 1.29 is 0 Å². The Kier molecular flexibility index (Phi) is 6.16. The zero-order valence-corrected chi connectivity index (χ0v) is 28.4. The molecule has 11 rings (SSSR count). The lowest BCUT2D eigenvalue weighted by atomic mass is 9.97. The monoisotopic (exact) mass is 666 g/mol. The average molecular weight is 667 g/mol. The molecule has 0 saturated carbocycles. The molecule has 238 valence electrons. The standard InChI is InChI=1S/C48H30N2S/c1-5-20-41-36(16-1)37-17-2-6-21-42(37)49(41)35-15-10-14-33(29-35)31-12-9-13-32(28-31)34-26-27-44-40(30-34)38-18-3-7-22-43(38)50(44)45-23-11-25-47-48(45)39-19-4-8-24-46(39)51-47/h1-30H. The van der Waals surface area contributed by atoms with E-state index in [0.717, 1.165) is 5.69 Å². The molecule has 51 heavy (non-hydrogen) atoms. The molecule has 0 unspecified atom stereocenters. The van der Waals surface area contributed by atoms with Crippen LogP contribution in [0.3, 0.4) is 0 Å². The predicted octanol–water partition coefficient (Wildman–Crippen LogP) is 13.6. The zero-order chi connectivity index (χ0) is 33.5. The van der Waals surface area contributed by atoms with Crippen LogP contribution in [0.15, 0.2) is 182 Å². The maximum Gasteiger partial charge on any atom is 0.0555 e. The number of fused-ring (bicyclic) bond motifs is 9. The number of nitrogens with zero attached hydrogens (tertiary/aromatic N) is 2. The quantitative estimate of drug-likeness (QED) is 0.177. The van der Waals surface area contributed by atoms with E-state index >= 15 is 0 Å². The molecule has 3 heterocycles. The first kappa shape index (κ1) is 28.4. The highest BCUT2D eigenvalue weighted by molar-refractivity contribution is 7.25. The second kappa shape index (κ2) is 11.0. The Morgan fingerprint density at radius 3 is 1.55 bits per heavy atom. The minimum absolute atomic E-state index is 1.16. The number of benzene rings is 8. The summed E-state index contributed by atoms with van der Waals surface area (Å²) in [5.41, 5.74) is 12.1. The van der Waals surface area contributed by atoms with Crippen LogP contribution in [0.25, 0.3) is 97.4 Å². The number of hydrogen-bond acceptors (Lipinski definition) is 1. The molecule has 2 nitrogen and oxygen atoms in total. The summed E-state index contributed by atoms with van der Waals surface area (Å²) in [6, 6.07) is 66.7. The number of para-hydroxylation sites is 3. The van der Waals surface area contributed by atoms with E-state index in [4.69, 9.17) is 0 Å². The van der Waals surface area contributed by atoms with Gasteiger partial charge in [-0.15, -0.1) is 11.3 Å². The van der Waals surface area contributed by atoms with Crippen molar-refractivity contribution in [3.05, 3.63) is 182 Å².